The SMILES string of the molecule is O=S1(=O)CC2(CC(Nc3nccc(-c4sc(N5CC6CCC(CC6)C5)nc4-c4cccc(NS(=O)(=O)c5c(F)cccc5F)c4F)n3)C2)C1. The number of nitrogens with zero attached hydrogens (tertiary/aromatic N) is 4. The summed E-state index contributed by atoms with van der Waals surface area (Å²) in [6, 6.07) is 8.50. The zero-order valence-corrected chi connectivity index (χ0v) is 28.7. The van der Waals surface area contributed by atoms with E-state index in [-0.39, 0.29) is 34.2 Å². The molecule has 5 aliphatic rings. The largest absolute Gasteiger partial charge is 0.351 e. The first kappa shape index (κ1) is 32.4. The Kier molecular flexibility index (Phi) is 7.90. The van der Waals surface area contributed by atoms with Crippen LogP contribution in [0.4, 0.5) is 29.9 Å². The van der Waals surface area contributed by atoms with Gasteiger partial charge in [-0.1, -0.05) is 23.5 Å². The number of aromatic nitrogens is 3. The van der Waals surface area contributed by atoms with Crippen molar-refractivity contribution in [2.45, 2.75) is 49.5 Å². The Morgan fingerprint density at radius 3 is 2.20 bits per heavy atom. The standard InChI is InChI=1S/C33H33F3N6O4S3/c34-23-4-2-5-24(35)30(23)49(45,46)41-25-6-1-3-22(27(25)36)28-29(47-32(40-28)42-15-19-7-8-20(16-42)10-9-19)26-11-12-37-31(39-26)38-21-13-33(14-21)17-48(43,44)18-33/h1-6,11-12,19-21,41H,7-10,13-18H2,(H,37,38,39). The molecule has 3 aliphatic heterocycles. The van der Waals surface area contributed by atoms with Crippen LogP contribution in [0.25, 0.3) is 21.8 Å². The summed E-state index contributed by atoms with van der Waals surface area (Å²) in [6.45, 7) is 1.66. The van der Waals surface area contributed by atoms with E-state index in [1.165, 1.54) is 29.5 Å². The van der Waals surface area contributed by atoms with E-state index < -0.39 is 47.9 Å². The van der Waals surface area contributed by atoms with Gasteiger partial charge in [0.2, 0.25) is 5.95 Å². The number of hydrogen-bond acceptors (Lipinski definition) is 10. The Hall–Kier alpha value is -3.76. The molecular formula is C33H33F3N6O4S3. The van der Waals surface area contributed by atoms with Crippen LogP contribution in [0, 0.1) is 34.7 Å². The fourth-order valence-corrected chi connectivity index (χ4v) is 12.5. The first-order chi connectivity index (χ1) is 23.4. The van der Waals surface area contributed by atoms with Crippen molar-refractivity contribution in [3.63, 3.8) is 0 Å². The second-order valence-corrected chi connectivity index (χ2v) is 18.5. The van der Waals surface area contributed by atoms with Crippen LogP contribution in [0.5, 0.6) is 0 Å². The van der Waals surface area contributed by atoms with E-state index in [4.69, 9.17) is 9.97 Å². The topological polar surface area (TPSA) is 134 Å². The molecule has 258 valence electrons. The van der Waals surface area contributed by atoms with Crippen LogP contribution in [-0.4, -0.2) is 62.4 Å². The molecule has 2 saturated carbocycles. The van der Waals surface area contributed by atoms with E-state index in [1.54, 1.807) is 12.3 Å². The molecule has 5 heterocycles. The monoisotopic (exact) mass is 730 g/mol. The molecule has 2 aliphatic carbocycles. The quantitative estimate of drug-likeness (QED) is 0.221. The van der Waals surface area contributed by atoms with Crippen LogP contribution in [0.3, 0.4) is 0 Å². The lowest BCUT2D eigenvalue weighted by Gasteiger charge is -2.53. The molecule has 0 unspecified atom stereocenters. The van der Waals surface area contributed by atoms with Gasteiger partial charge in [0.15, 0.2) is 25.7 Å². The van der Waals surface area contributed by atoms with Crippen molar-refractivity contribution < 1.29 is 30.0 Å². The van der Waals surface area contributed by atoms with Crippen molar-refractivity contribution in [1.82, 2.24) is 15.0 Å². The van der Waals surface area contributed by atoms with Crippen molar-refractivity contribution in [3.8, 4) is 21.8 Å². The van der Waals surface area contributed by atoms with E-state index in [0.717, 1.165) is 57.0 Å². The average Bonchev–Trinajstić information content (AvgIpc) is 3.23. The molecular weight excluding hydrogens is 698 g/mol. The maximum Gasteiger partial charge on any atom is 0.267 e. The first-order valence-corrected chi connectivity index (χ1v) is 20.3. The molecule has 2 aromatic carbocycles. The van der Waals surface area contributed by atoms with E-state index in [0.29, 0.717) is 46.3 Å². The van der Waals surface area contributed by atoms with Crippen molar-refractivity contribution in [2.75, 3.05) is 39.5 Å². The summed E-state index contributed by atoms with van der Waals surface area (Å²) in [5.41, 5.74) is 0.0650. The van der Waals surface area contributed by atoms with Crippen LogP contribution in [0.2, 0.25) is 0 Å². The maximum absolute atomic E-state index is 16.4. The third-order valence-corrected chi connectivity index (χ3v) is 14.8. The van der Waals surface area contributed by atoms with E-state index in [1.807, 2.05) is 4.72 Å². The Balaban J connectivity index is 1.14. The maximum atomic E-state index is 16.4. The number of benzene rings is 2. The molecule has 0 radical (unpaired) electrons. The molecule has 16 heteroatoms. The Labute approximate surface area is 286 Å². The third-order valence-electron chi connectivity index (χ3n) is 10.1. The van der Waals surface area contributed by atoms with Gasteiger partial charge in [-0.3, -0.25) is 4.72 Å². The first-order valence-electron chi connectivity index (χ1n) is 16.2. The number of sulfonamides is 1. The number of sulfone groups is 1. The summed E-state index contributed by atoms with van der Waals surface area (Å²) in [6.07, 6.45) is 7.62. The zero-order chi connectivity index (χ0) is 34.1. The molecule has 3 saturated heterocycles. The van der Waals surface area contributed by atoms with Gasteiger partial charge in [-0.25, -0.2) is 45.0 Å². The average molecular weight is 731 g/mol. The Morgan fingerprint density at radius 2 is 1.55 bits per heavy atom. The normalized spacial score (nSPS) is 22.7. The van der Waals surface area contributed by atoms with Gasteiger partial charge in [0.05, 0.1) is 33.5 Å². The Morgan fingerprint density at radius 1 is 0.898 bits per heavy atom. The molecule has 10 nitrogen and oxygen atoms in total. The molecule has 5 fully saturated rings. The van der Waals surface area contributed by atoms with Gasteiger partial charge >= 0.3 is 0 Å². The van der Waals surface area contributed by atoms with Crippen LogP contribution < -0.4 is 14.9 Å². The number of hydrogen-bond donors (Lipinski definition) is 2. The minimum absolute atomic E-state index is 0.00949. The van der Waals surface area contributed by atoms with Crippen LogP contribution in [0.15, 0.2) is 53.6 Å². The molecule has 4 aromatic rings. The van der Waals surface area contributed by atoms with Gasteiger partial charge in [-0.2, -0.15) is 0 Å². The number of rotatable bonds is 8. The predicted molar refractivity (Wildman–Crippen MR) is 181 cm³/mol. The highest BCUT2D eigenvalue weighted by Gasteiger charge is 2.56. The van der Waals surface area contributed by atoms with Gasteiger partial charge < -0.3 is 10.2 Å². The molecule has 1 spiro atoms. The smallest absolute Gasteiger partial charge is 0.267 e. The summed E-state index contributed by atoms with van der Waals surface area (Å²) in [7, 11) is -7.77. The second-order valence-electron chi connectivity index (χ2n) is 13.8. The van der Waals surface area contributed by atoms with Crippen molar-refractivity contribution >= 4 is 48.0 Å². The van der Waals surface area contributed by atoms with Gasteiger partial charge in [-0.15, -0.1) is 0 Å². The summed E-state index contributed by atoms with van der Waals surface area (Å²) >= 11 is 1.37. The molecule has 2 bridgehead atoms. The van der Waals surface area contributed by atoms with Crippen molar-refractivity contribution in [2.24, 2.45) is 17.3 Å². The second kappa shape index (κ2) is 11.9. The van der Waals surface area contributed by atoms with Crippen LogP contribution in [0.1, 0.15) is 38.5 Å². The van der Waals surface area contributed by atoms with Crippen LogP contribution >= 0.6 is 11.3 Å². The fourth-order valence-electron chi connectivity index (χ4n) is 7.93. The minimum Gasteiger partial charge on any atom is -0.351 e. The van der Waals surface area contributed by atoms with E-state index >= 15 is 4.39 Å². The molecule has 0 amide bonds. The number of thiazole rings is 1. The highest BCUT2D eigenvalue weighted by molar-refractivity contribution is 7.93. The number of halogens is 3. The van der Waals surface area contributed by atoms with Crippen LogP contribution in [-0.2, 0) is 19.9 Å². The molecule has 2 N–H and O–H groups in total. The fraction of sp³-hybridized carbons (Fsp3) is 0.424. The molecule has 2 aromatic heterocycles. The lowest BCUT2D eigenvalue weighted by atomic mass is 9.67. The van der Waals surface area contributed by atoms with Gasteiger partial charge in [0.1, 0.15) is 11.6 Å². The number of anilines is 3. The predicted octanol–water partition coefficient (Wildman–Crippen LogP) is 6.10. The Bertz CT molecular complexity index is 2120. The number of nitrogens with one attached hydrogen (secondary N) is 2. The van der Waals surface area contributed by atoms with E-state index in [9.17, 15) is 25.6 Å². The highest BCUT2D eigenvalue weighted by atomic mass is 32.2. The zero-order valence-electron chi connectivity index (χ0n) is 26.2. The van der Waals surface area contributed by atoms with Gasteiger partial charge in [0, 0.05) is 36.3 Å². The summed E-state index contributed by atoms with van der Waals surface area (Å²) in [5.74, 6) is -1.72. The molecule has 9 rings (SSSR count). The molecule has 0 atom stereocenters. The third kappa shape index (κ3) is 6.16. The van der Waals surface area contributed by atoms with Crippen molar-refractivity contribution in [1.29, 1.82) is 0 Å². The minimum atomic E-state index is -4.83. The molecule has 49 heavy (non-hydrogen) atoms. The van der Waals surface area contributed by atoms with Gasteiger partial charge in [-0.05, 0) is 80.7 Å². The summed E-state index contributed by atoms with van der Waals surface area (Å²) in [5, 5.41) is 4.01. The lowest BCUT2D eigenvalue weighted by Crippen LogP contribution is -2.60. The van der Waals surface area contributed by atoms with Gasteiger partial charge in [0.25, 0.3) is 10.0 Å². The van der Waals surface area contributed by atoms with E-state index in [2.05, 4.69) is 15.2 Å². The summed E-state index contributed by atoms with van der Waals surface area (Å²) < 4.78 is 96.9. The lowest BCUT2D eigenvalue weighted by molar-refractivity contribution is 0.153. The van der Waals surface area contributed by atoms with Crippen molar-refractivity contribution in [3.05, 3.63) is 66.1 Å². The number of fused-ring (bicyclic) bond motifs is 4. The highest BCUT2D eigenvalue weighted by Crippen LogP contribution is 2.51. The summed E-state index contributed by atoms with van der Waals surface area (Å²) in [4.78, 5) is 15.7.